The highest BCUT2D eigenvalue weighted by Gasteiger charge is 2.33. The van der Waals surface area contributed by atoms with Gasteiger partial charge < -0.3 is 4.74 Å². The molecule has 3 aromatic rings. The number of hydrogen-bond donors (Lipinski definition) is 0. The summed E-state index contributed by atoms with van der Waals surface area (Å²) in [5, 5.41) is 4.88. The lowest BCUT2D eigenvalue weighted by Gasteiger charge is -2.35. The Morgan fingerprint density at radius 3 is 2.32 bits per heavy atom. The summed E-state index contributed by atoms with van der Waals surface area (Å²) in [5.41, 5.74) is 1.81. The fourth-order valence-electron chi connectivity index (χ4n) is 3.51. The van der Waals surface area contributed by atoms with Crippen LogP contribution in [0.3, 0.4) is 0 Å². The molecule has 0 radical (unpaired) electrons. The van der Waals surface area contributed by atoms with Crippen molar-refractivity contribution >= 4 is 0 Å². The Labute approximate surface area is 165 Å². The second kappa shape index (κ2) is 7.77. The van der Waals surface area contributed by atoms with Crippen LogP contribution >= 0.6 is 0 Å². The first-order chi connectivity index (χ1) is 13.5. The normalized spacial score (nSPS) is 16.8. The van der Waals surface area contributed by atoms with E-state index in [1.807, 2.05) is 29.1 Å². The minimum atomic E-state index is -0.213. The van der Waals surface area contributed by atoms with Gasteiger partial charge in [-0.3, -0.25) is 14.9 Å². The smallest absolute Gasteiger partial charge is 0.183 e. The molecular formula is C21H26N6O. The standard InChI is InChI=1S/C21H26N6O/c1-21(2,3)27-20(24-19(25-27)17-7-5-9-23-15-17)18(16-6-4-8-22-14-16)26-10-12-28-13-11-26/h4-9,14-15,18H,10-13H2,1-3H3. The van der Waals surface area contributed by atoms with E-state index in [1.165, 1.54) is 0 Å². The zero-order valence-corrected chi connectivity index (χ0v) is 16.6. The maximum absolute atomic E-state index is 5.59. The van der Waals surface area contributed by atoms with E-state index in [0.29, 0.717) is 5.82 Å². The monoisotopic (exact) mass is 378 g/mol. The van der Waals surface area contributed by atoms with Crippen LogP contribution in [0.15, 0.2) is 49.1 Å². The van der Waals surface area contributed by atoms with Crippen molar-refractivity contribution in [2.75, 3.05) is 26.3 Å². The Morgan fingerprint density at radius 1 is 1.00 bits per heavy atom. The third kappa shape index (κ3) is 3.81. The minimum Gasteiger partial charge on any atom is -0.379 e. The summed E-state index contributed by atoms with van der Waals surface area (Å²) in [7, 11) is 0. The van der Waals surface area contributed by atoms with E-state index in [2.05, 4.69) is 41.7 Å². The van der Waals surface area contributed by atoms with Gasteiger partial charge in [-0.25, -0.2) is 9.67 Å². The lowest BCUT2D eigenvalue weighted by molar-refractivity contribution is 0.0208. The maximum Gasteiger partial charge on any atom is 0.183 e. The van der Waals surface area contributed by atoms with Crippen molar-refractivity contribution in [1.82, 2.24) is 29.6 Å². The van der Waals surface area contributed by atoms with Gasteiger partial charge in [-0.15, -0.1) is 0 Å². The zero-order chi connectivity index (χ0) is 19.6. The number of morpholine rings is 1. The highest BCUT2D eigenvalue weighted by atomic mass is 16.5. The zero-order valence-electron chi connectivity index (χ0n) is 16.6. The summed E-state index contributed by atoms with van der Waals surface area (Å²) in [6.07, 6.45) is 7.29. The Bertz CT molecular complexity index is 898. The highest BCUT2D eigenvalue weighted by Crippen LogP contribution is 2.32. The second-order valence-corrected chi connectivity index (χ2v) is 7.96. The summed E-state index contributed by atoms with van der Waals surface area (Å²) < 4.78 is 7.63. The number of rotatable bonds is 4. The fraction of sp³-hybridized carbons (Fsp3) is 0.429. The Morgan fingerprint density at radius 2 is 1.71 bits per heavy atom. The van der Waals surface area contributed by atoms with Gasteiger partial charge in [0.2, 0.25) is 0 Å². The SMILES string of the molecule is CC(C)(C)n1nc(-c2cccnc2)nc1C(c1cccnc1)N1CCOCC1. The largest absolute Gasteiger partial charge is 0.379 e. The van der Waals surface area contributed by atoms with Gasteiger partial charge in [-0.05, 0) is 44.5 Å². The van der Waals surface area contributed by atoms with Crippen LogP contribution in [0.25, 0.3) is 11.4 Å². The molecule has 146 valence electrons. The van der Waals surface area contributed by atoms with Gasteiger partial charge >= 0.3 is 0 Å². The molecule has 7 nitrogen and oxygen atoms in total. The van der Waals surface area contributed by atoms with Crippen molar-refractivity contribution in [3.8, 4) is 11.4 Å². The first-order valence-electron chi connectivity index (χ1n) is 9.63. The predicted octanol–water partition coefficient (Wildman–Crippen LogP) is 2.91. The highest BCUT2D eigenvalue weighted by molar-refractivity contribution is 5.52. The Hall–Kier alpha value is -2.64. The number of aromatic nitrogens is 5. The van der Waals surface area contributed by atoms with E-state index in [-0.39, 0.29) is 11.6 Å². The van der Waals surface area contributed by atoms with Gasteiger partial charge in [-0.2, -0.15) is 5.10 Å². The fourth-order valence-corrected chi connectivity index (χ4v) is 3.51. The molecule has 0 amide bonds. The van der Waals surface area contributed by atoms with Crippen LogP contribution in [-0.2, 0) is 10.3 Å². The molecule has 1 atom stereocenters. The van der Waals surface area contributed by atoms with Gasteiger partial charge in [0.1, 0.15) is 5.82 Å². The number of ether oxygens (including phenoxy) is 1. The summed E-state index contributed by atoms with van der Waals surface area (Å²) in [5.74, 6) is 1.61. The summed E-state index contributed by atoms with van der Waals surface area (Å²) in [6, 6.07) is 7.95. The van der Waals surface area contributed by atoms with Crippen molar-refractivity contribution < 1.29 is 4.74 Å². The molecule has 4 heterocycles. The molecule has 0 N–H and O–H groups in total. The quantitative estimate of drug-likeness (QED) is 0.695. The van der Waals surface area contributed by atoms with Crippen LogP contribution in [0.1, 0.15) is 38.2 Å². The Balaban J connectivity index is 1.86. The number of nitrogens with zero attached hydrogens (tertiary/aromatic N) is 6. The molecule has 1 fully saturated rings. The summed E-state index contributed by atoms with van der Waals surface area (Å²) in [6.45, 7) is 9.58. The topological polar surface area (TPSA) is 69.0 Å². The van der Waals surface area contributed by atoms with Gasteiger partial charge in [0.15, 0.2) is 5.82 Å². The lowest BCUT2D eigenvalue weighted by atomic mass is 10.0. The van der Waals surface area contributed by atoms with Crippen LogP contribution < -0.4 is 0 Å². The molecule has 4 rings (SSSR count). The second-order valence-electron chi connectivity index (χ2n) is 7.96. The van der Waals surface area contributed by atoms with Gasteiger partial charge in [0, 0.05) is 43.4 Å². The molecule has 0 spiro atoms. The van der Waals surface area contributed by atoms with Crippen LogP contribution in [0.4, 0.5) is 0 Å². The third-order valence-corrected chi connectivity index (χ3v) is 4.84. The van der Waals surface area contributed by atoms with E-state index in [0.717, 1.165) is 43.3 Å². The van der Waals surface area contributed by atoms with E-state index in [9.17, 15) is 0 Å². The van der Waals surface area contributed by atoms with Crippen LogP contribution in [0, 0.1) is 0 Å². The first kappa shape index (κ1) is 18.7. The molecule has 1 aliphatic heterocycles. The molecule has 0 bridgehead atoms. The molecule has 1 saturated heterocycles. The third-order valence-electron chi connectivity index (χ3n) is 4.84. The van der Waals surface area contributed by atoms with Crippen LogP contribution in [0.5, 0.6) is 0 Å². The minimum absolute atomic E-state index is 0.0326. The van der Waals surface area contributed by atoms with E-state index in [4.69, 9.17) is 14.8 Å². The van der Waals surface area contributed by atoms with E-state index >= 15 is 0 Å². The molecule has 0 saturated carbocycles. The average molecular weight is 378 g/mol. The summed E-state index contributed by atoms with van der Waals surface area (Å²) >= 11 is 0. The van der Waals surface area contributed by atoms with Gasteiger partial charge in [-0.1, -0.05) is 6.07 Å². The molecule has 0 aromatic carbocycles. The first-order valence-corrected chi connectivity index (χ1v) is 9.63. The van der Waals surface area contributed by atoms with Crippen LogP contribution in [-0.4, -0.2) is 55.9 Å². The summed E-state index contributed by atoms with van der Waals surface area (Å²) in [4.78, 5) is 16.0. The Kier molecular flexibility index (Phi) is 5.19. The van der Waals surface area contributed by atoms with E-state index < -0.39 is 0 Å². The lowest BCUT2D eigenvalue weighted by Crippen LogP contribution is -2.41. The predicted molar refractivity (Wildman–Crippen MR) is 107 cm³/mol. The molecule has 1 unspecified atom stereocenters. The molecule has 3 aromatic heterocycles. The average Bonchev–Trinajstić information content (AvgIpc) is 3.16. The van der Waals surface area contributed by atoms with Crippen molar-refractivity contribution in [2.24, 2.45) is 0 Å². The van der Waals surface area contributed by atoms with Crippen molar-refractivity contribution in [1.29, 1.82) is 0 Å². The number of pyridine rings is 2. The number of hydrogen-bond acceptors (Lipinski definition) is 6. The molecule has 1 aliphatic rings. The molecule has 28 heavy (non-hydrogen) atoms. The molecule has 0 aliphatic carbocycles. The van der Waals surface area contributed by atoms with Crippen molar-refractivity contribution in [2.45, 2.75) is 32.4 Å². The van der Waals surface area contributed by atoms with Gasteiger partial charge in [0.25, 0.3) is 0 Å². The molecule has 7 heteroatoms. The van der Waals surface area contributed by atoms with Gasteiger partial charge in [0.05, 0.1) is 24.8 Å². The van der Waals surface area contributed by atoms with Crippen LogP contribution in [0.2, 0.25) is 0 Å². The maximum atomic E-state index is 5.59. The van der Waals surface area contributed by atoms with Crippen molar-refractivity contribution in [3.63, 3.8) is 0 Å². The molecular weight excluding hydrogens is 352 g/mol. The van der Waals surface area contributed by atoms with Crippen molar-refractivity contribution in [3.05, 3.63) is 60.4 Å². The van der Waals surface area contributed by atoms with E-state index in [1.54, 1.807) is 18.6 Å².